The standard InChI is InChI=1S/C23H26N4O/c1-24-13-11-17-15-26(21-9-5-3-7-19(17)21)23(28)27-16-18(12-14-25-2)20-8-4-6-10-22(20)27/h3-10,15-16,24-25H,11-14H2,1-2H3. The maximum Gasteiger partial charge on any atom is 0.337 e. The van der Waals surface area contributed by atoms with E-state index in [2.05, 4.69) is 22.8 Å². The molecule has 0 atom stereocenters. The number of rotatable bonds is 6. The molecule has 0 fully saturated rings. The van der Waals surface area contributed by atoms with Gasteiger partial charge in [-0.05, 0) is 63.3 Å². The molecule has 28 heavy (non-hydrogen) atoms. The number of nitrogens with zero attached hydrogens (tertiary/aromatic N) is 2. The van der Waals surface area contributed by atoms with Crippen LogP contribution in [0.2, 0.25) is 0 Å². The molecule has 0 amide bonds. The lowest BCUT2D eigenvalue weighted by molar-refractivity contribution is 0.245. The summed E-state index contributed by atoms with van der Waals surface area (Å²) in [5.74, 6) is 0. The lowest BCUT2D eigenvalue weighted by Gasteiger charge is -2.06. The van der Waals surface area contributed by atoms with Crippen molar-refractivity contribution >= 4 is 27.8 Å². The van der Waals surface area contributed by atoms with Gasteiger partial charge in [0.2, 0.25) is 0 Å². The van der Waals surface area contributed by atoms with Gasteiger partial charge < -0.3 is 10.6 Å². The highest BCUT2D eigenvalue weighted by Crippen LogP contribution is 2.25. The molecule has 0 aliphatic carbocycles. The fourth-order valence-corrected chi connectivity index (χ4v) is 3.85. The van der Waals surface area contributed by atoms with Crippen LogP contribution in [0.4, 0.5) is 4.79 Å². The van der Waals surface area contributed by atoms with E-state index >= 15 is 0 Å². The Labute approximate surface area is 165 Å². The van der Waals surface area contributed by atoms with Gasteiger partial charge in [-0.2, -0.15) is 0 Å². The Kier molecular flexibility index (Phi) is 5.28. The molecule has 0 bridgehead atoms. The van der Waals surface area contributed by atoms with Crippen molar-refractivity contribution in [3.05, 3.63) is 72.1 Å². The van der Waals surface area contributed by atoms with Gasteiger partial charge in [-0.25, -0.2) is 4.79 Å². The molecule has 2 aromatic heterocycles. The molecule has 5 heteroatoms. The number of para-hydroxylation sites is 2. The highest BCUT2D eigenvalue weighted by atomic mass is 16.2. The fourth-order valence-electron chi connectivity index (χ4n) is 3.85. The van der Waals surface area contributed by atoms with E-state index in [9.17, 15) is 4.79 Å². The fraction of sp³-hybridized carbons (Fsp3) is 0.261. The van der Waals surface area contributed by atoms with Crippen molar-refractivity contribution in [2.75, 3.05) is 27.2 Å². The second kappa shape index (κ2) is 8.00. The summed E-state index contributed by atoms with van der Waals surface area (Å²) in [6.07, 6.45) is 5.76. The third-order valence-electron chi connectivity index (χ3n) is 5.29. The van der Waals surface area contributed by atoms with Crippen molar-refractivity contribution in [2.45, 2.75) is 12.8 Å². The van der Waals surface area contributed by atoms with Crippen LogP contribution in [0.15, 0.2) is 60.9 Å². The van der Waals surface area contributed by atoms with E-state index in [0.717, 1.165) is 47.7 Å². The minimum absolute atomic E-state index is 0.0428. The van der Waals surface area contributed by atoms with E-state index in [1.54, 1.807) is 9.13 Å². The lowest BCUT2D eigenvalue weighted by Crippen LogP contribution is -2.17. The van der Waals surface area contributed by atoms with Crippen molar-refractivity contribution in [3.63, 3.8) is 0 Å². The first-order valence-corrected chi connectivity index (χ1v) is 9.76. The second-order valence-corrected chi connectivity index (χ2v) is 7.07. The highest BCUT2D eigenvalue weighted by Gasteiger charge is 2.18. The molecular weight excluding hydrogens is 348 g/mol. The highest BCUT2D eigenvalue weighted by molar-refractivity contribution is 5.99. The van der Waals surface area contributed by atoms with Gasteiger partial charge in [-0.1, -0.05) is 36.4 Å². The molecule has 0 spiro atoms. The topological polar surface area (TPSA) is 51.0 Å². The molecule has 0 saturated carbocycles. The summed E-state index contributed by atoms with van der Waals surface area (Å²) in [6.45, 7) is 1.76. The number of likely N-dealkylation sites (N-methyl/N-ethyl adjacent to an activating group) is 2. The SMILES string of the molecule is CNCCc1cn(C(=O)n2cc(CCNC)c3ccccc32)c2ccccc12. The predicted octanol–water partition coefficient (Wildman–Crippen LogP) is 3.64. The first kappa shape index (κ1) is 18.5. The maximum atomic E-state index is 13.5. The van der Waals surface area contributed by atoms with Gasteiger partial charge in [-0.15, -0.1) is 0 Å². The number of carbonyl (C=O) groups is 1. The summed E-state index contributed by atoms with van der Waals surface area (Å²) in [5.41, 5.74) is 4.27. The summed E-state index contributed by atoms with van der Waals surface area (Å²) in [6, 6.07) is 16.2. The van der Waals surface area contributed by atoms with E-state index in [0.29, 0.717) is 0 Å². The number of fused-ring (bicyclic) bond motifs is 2. The zero-order valence-electron chi connectivity index (χ0n) is 16.4. The van der Waals surface area contributed by atoms with Gasteiger partial charge in [0.1, 0.15) is 0 Å². The minimum Gasteiger partial charge on any atom is -0.319 e. The number of aromatic nitrogens is 2. The monoisotopic (exact) mass is 374 g/mol. The summed E-state index contributed by atoms with van der Waals surface area (Å²) < 4.78 is 3.57. The van der Waals surface area contributed by atoms with E-state index in [-0.39, 0.29) is 6.03 Å². The molecule has 144 valence electrons. The summed E-state index contributed by atoms with van der Waals surface area (Å²) in [5, 5.41) is 8.66. The van der Waals surface area contributed by atoms with Crippen molar-refractivity contribution < 1.29 is 4.79 Å². The van der Waals surface area contributed by atoms with Gasteiger partial charge in [0.25, 0.3) is 0 Å². The second-order valence-electron chi connectivity index (χ2n) is 7.07. The Morgan fingerprint density at radius 1 is 0.750 bits per heavy atom. The summed E-state index contributed by atoms with van der Waals surface area (Å²) in [7, 11) is 3.89. The molecule has 2 heterocycles. The van der Waals surface area contributed by atoms with E-state index in [1.165, 1.54) is 11.1 Å². The molecule has 2 aromatic carbocycles. The van der Waals surface area contributed by atoms with Crippen LogP contribution in [0.25, 0.3) is 21.8 Å². The Bertz CT molecular complexity index is 1030. The van der Waals surface area contributed by atoms with Crippen LogP contribution in [-0.2, 0) is 12.8 Å². The quantitative estimate of drug-likeness (QED) is 0.542. The zero-order valence-corrected chi connectivity index (χ0v) is 16.4. The maximum absolute atomic E-state index is 13.5. The predicted molar refractivity (Wildman–Crippen MR) is 115 cm³/mol. The van der Waals surface area contributed by atoms with Crippen molar-refractivity contribution in [2.24, 2.45) is 0 Å². The molecule has 4 aromatic rings. The van der Waals surface area contributed by atoms with Gasteiger partial charge in [0.05, 0.1) is 11.0 Å². The average molecular weight is 374 g/mol. The van der Waals surface area contributed by atoms with Gasteiger partial charge in [0.15, 0.2) is 0 Å². The van der Waals surface area contributed by atoms with E-state index < -0.39 is 0 Å². The molecule has 5 nitrogen and oxygen atoms in total. The molecule has 0 aliphatic heterocycles. The number of nitrogens with one attached hydrogen (secondary N) is 2. The van der Waals surface area contributed by atoms with E-state index in [4.69, 9.17) is 0 Å². The first-order chi connectivity index (χ1) is 13.7. The molecule has 2 N–H and O–H groups in total. The van der Waals surface area contributed by atoms with Crippen molar-refractivity contribution in [3.8, 4) is 0 Å². The molecule has 0 aliphatic rings. The van der Waals surface area contributed by atoms with Crippen LogP contribution in [0, 0.1) is 0 Å². The molecule has 0 unspecified atom stereocenters. The average Bonchev–Trinajstić information content (AvgIpc) is 3.29. The molecule has 0 radical (unpaired) electrons. The van der Waals surface area contributed by atoms with Crippen LogP contribution < -0.4 is 10.6 Å². The summed E-state index contributed by atoms with van der Waals surface area (Å²) >= 11 is 0. The number of carbonyl (C=O) groups excluding carboxylic acids is 1. The number of hydrogen-bond acceptors (Lipinski definition) is 3. The van der Waals surface area contributed by atoms with Crippen LogP contribution in [0.1, 0.15) is 11.1 Å². The van der Waals surface area contributed by atoms with Crippen LogP contribution in [-0.4, -0.2) is 42.4 Å². The van der Waals surface area contributed by atoms with Gasteiger partial charge in [-0.3, -0.25) is 9.13 Å². The third kappa shape index (κ3) is 3.23. The normalized spacial score (nSPS) is 11.5. The molecular formula is C23H26N4O. The van der Waals surface area contributed by atoms with Gasteiger partial charge >= 0.3 is 6.03 Å². The lowest BCUT2D eigenvalue weighted by atomic mass is 10.1. The smallest absolute Gasteiger partial charge is 0.319 e. The molecule has 0 saturated heterocycles. The number of hydrogen-bond donors (Lipinski definition) is 2. The van der Waals surface area contributed by atoms with Crippen molar-refractivity contribution in [1.29, 1.82) is 0 Å². The Morgan fingerprint density at radius 3 is 1.61 bits per heavy atom. The zero-order chi connectivity index (χ0) is 19.5. The Hall–Kier alpha value is -2.89. The Morgan fingerprint density at radius 2 is 1.18 bits per heavy atom. The first-order valence-electron chi connectivity index (χ1n) is 9.76. The minimum atomic E-state index is -0.0428. The number of benzene rings is 2. The molecule has 4 rings (SSSR count). The van der Waals surface area contributed by atoms with Gasteiger partial charge in [0, 0.05) is 23.2 Å². The largest absolute Gasteiger partial charge is 0.337 e. The van der Waals surface area contributed by atoms with Crippen LogP contribution >= 0.6 is 0 Å². The van der Waals surface area contributed by atoms with Crippen molar-refractivity contribution in [1.82, 2.24) is 19.8 Å². The van der Waals surface area contributed by atoms with E-state index in [1.807, 2.05) is 62.9 Å². The van der Waals surface area contributed by atoms with Crippen LogP contribution in [0.5, 0.6) is 0 Å². The van der Waals surface area contributed by atoms with Crippen LogP contribution in [0.3, 0.4) is 0 Å². The Balaban J connectivity index is 1.82. The summed E-state index contributed by atoms with van der Waals surface area (Å²) in [4.78, 5) is 13.5. The third-order valence-corrected chi connectivity index (χ3v) is 5.29.